The predicted octanol–water partition coefficient (Wildman–Crippen LogP) is 4.29. The number of rotatable bonds is 6. The third-order valence-electron chi connectivity index (χ3n) is 4.16. The number of carbonyl (C=O) groups excluding carboxylic acids is 2. The van der Waals surface area contributed by atoms with E-state index >= 15 is 0 Å². The molecule has 0 saturated heterocycles. The average molecular weight is 396 g/mol. The Kier molecular flexibility index (Phi) is 5.96. The maximum atomic E-state index is 12.9. The lowest BCUT2D eigenvalue weighted by molar-refractivity contribution is 0.0996. The topological polar surface area (TPSA) is 67.9 Å². The molecule has 3 aromatic rings. The molecule has 144 valence electrons. The zero-order chi connectivity index (χ0) is 20.1. The second kappa shape index (κ2) is 8.58. The molecule has 2 amide bonds. The van der Waals surface area contributed by atoms with Crippen LogP contribution in [0.3, 0.4) is 0 Å². The van der Waals surface area contributed by atoms with E-state index in [0.29, 0.717) is 33.3 Å². The number of para-hydroxylation sites is 1. The van der Waals surface area contributed by atoms with E-state index < -0.39 is 0 Å². The normalized spacial score (nSPS) is 10.2. The fraction of sp³-hybridized carbons (Fsp3) is 0.143. The van der Waals surface area contributed by atoms with Crippen LogP contribution in [0.4, 0.5) is 11.4 Å². The fourth-order valence-corrected chi connectivity index (χ4v) is 3.41. The summed E-state index contributed by atoms with van der Waals surface area (Å²) in [6.07, 6.45) is 0. The van der Waals surface area contributed by atoms with Crippen LogP contribution in [0.15, 0.2) is 60.0 Å². The molecule has 28 heavy (non-hydrogen) atoms. The third kappa shape index (κ3) is 4.15. The smallest absolute Gasteiger partial charge is 0.268 e. The predicted molar refractivity (Wildman–Crippen MR) is 111 cm³/mol. The fourth-order valence-electron chi connectivity index (χ4n) is 2.71. The zero-order valence-electron chi connectivity index (χ0n) is 15.8. The van der Waals surface area contributed by atoms with Gasteiger partial charge in [-0.3, -0.25) is 9.59 Å². The van der Waals surface area contributed by atoms with Gasteiger partial charge in [-0.1, -0.05) is 18.2 Å². The highest BCUT2D eigenvalue weighted by molar-refractivity contribution is 7.12. The molecule has 1 N–H and O–H groups in total. The molecule has 6 nitrogen and oxygen atoms in total. The van der Waals surface area contributed by atoms with Crippen molar-refractivity contribution >= 4 is 34.5 Å². The molecule has 3 rings (SSSR count). The Morgan fingerprint density at radius 2 is 1.64 bits per heavy atom. The van der Waals surface area contributed by atoms with Gasteiger partial charge in [-0.2, -0.15) is 0 Å². The Morgan fingerprint density at radius 1 is 0.964 bits per heavy atom. The van der Waals surface area contributed by atoms with E-state index in [1.807, 2.05) is 11.4 Å². The number of nitrogens with one attached hydrogen (secondary N) is 1. The molecule has 1 heterocycles. The maximum Gasteiger partial charge on any atom is 0.268 e. The average Bonchev–Trinajstić information content (AvgIpc) is 3.27. The van der Waals surface area contributed by atoms with E-state index in [9.17, 15) is 9.59 Å². The molecule has 7 heteroatoms. The Bertz CT molecular complexity index is 964. The van der Waals surface area contributed by atoms with Crippen LogP contribution in [0.25, 0.3) is 0 Å². The van der Waals surface area contributed by atoms with E-state index in [0.717, 1.165) is 0 Å². The van der Waals surface area contributed by atoms with E-state index in [2.05, 4.69) is 5.32 Å². The molecule has 0 aliphatic heterocycles. The summed E-state index contributed by atoms with van der Waals surface area (Å²) in [5.74, 6) is 0.621. The van der Waals surface area contributed by atoms with Crippen LogP contribution in [0.2, 0.25) is 0 Å². The van der Waals surface area contributed by atoms with Crippen molar-refractivity contribution in [3.63, 3.8) is 0 Å². The van der Waals surface area contributed by atoms with Crippen LogP contribution in [-0.2, 0) is 0 Å². The largest absolute Gasteiger partial charge is 0.497 e. The van der Waals surface area contributed by atoms with Crippen LogP contribution in [0.5, 0.6) is 11.5 Å². The first kappa shape index (κ1) is 19.4. The number of methoxy groups -OCH3 is 2. The minimum Gasteiger partial charge on any atom is -0.497 e. The number of nitrogens with zero attached hydrogens (tertiary/aromatic N) is 1. The van der Waals surface area contributed by atoms with Crippen LogP contribution >= 0.6 is 11.3 Å². The molecule has 0 radical (unpaired) electrons. The van der Waals surface area contributed by atoms with Gasteiger partial charge in [-0.25, -0.2) is 0 Å². The van der Waals surface area contributed by atoms with Gasteiger partial charge in [-0.15, -0.1) is 11.3 Å². The van der Waals surface area contributed by atoms with E-state index in [-0.39, 0.29) is 11.8 Å². The van der Waals surface area contributed by atoms with Gasteiger partial charge >= 0.3 is 0 Å². The number of carbonyl (C=O) groups is 2. The Labute approximate surface area is 167 Å². The molecule has 0 aliphatic carbocycles. The quantitative estimate of drug-likeness (QED) is 0.675. The highest BCUT2D eigenvalue weighted by Gasteiger charge is 2.20. The molecular formula is C21H20N2O4S. The minimum atomic E-state index is -0.336. The van der Waals surface area contributed by atoms with Crippen LogP contribution in [0, 0.1) is 0 Å². The van der Waals surface area contributed by atoms with Crippen molar-refractivity contribution in [2.24, 2.45) is 0 Å². The Hall–Kier alpha value is -3.32. The first-order valence-electron chi connectivity index (χ1n) is 8.48. The summed E-state index contributed by atoms with van der Waals surface area (Å²) in [6.45, 7) is 0. The number of ether oxygens (including phenoxy) is 2. The molecule has 0 spiro atoms. The van der Waals surface area contributed by atoms with Gasteiger partial charge < -0.3 is 19.7 Å². The van der Waals surface area contributed by atoms with Crippen molar-refractivity contribution in [3.8, 4) is 11.5 Å². The van der Waals surface area contributed by atoms with E-state index in [4.69, 9.17) is 9.47 Å². The van der Waals surface area contributed by atoms with Crippen molar-refractivity contribution < 1.29 is 19.1 Å². The van der Waals surface area contributed by atoms with Gasteiger partial charge in [0.25, 0.3) is 11.8 Å². The molecule has 0 saturated carbocycles. The van der Waals surface area contributed by atoms with Crippen molar-refractivity contribution in [1.29, 1.82) is 0 Å². The number of amides is 2. The summed E-state index contributed by atoms with van der Waals surface area (Å²) >= 11 is 1.36. The summed E-state index contributed by atoms with van der Waals surface area (Å²) in [6, 6.07) is 15.7. The van der Waals surface area contributed by atoms with Gasteiger partial charge in [0, 0.05) is 30.9 Å². The lowest BCUT2D eigenvalue weighted by atomic mass is 10.1. The first-order chi connectivity index (χ1) is 13.5. The molecule has 1 aromatic heterocycles. The lowest BCUT2D eigenvalue weighted by Crippen LogP contribution is -2.28. The van der Waals surface area contributed by atoms with Crippen LogP contribution < -0.4 is 19.7 Å². The van der Waals surface area contributed by atoms with Gasteiger partial charge in [0.15, 0.2) is 0 Å². The number of anilines is 2. The van der Waals surface area contributed by atoms with Gasteiger partial charge in [0.05, 0.1) is 30.3 Å². The molecular weight excluding hydrogens is 376 g/mol. The van der Waals surface area contributed by atoms with E-state index in [1.165, 1.54) is 16.2 Å². The highest BCUT2D eigenvalue weighted by Crippen LogP contribution is 2.28. The standard InChI is InChI=1S/C21H20N2O4S/c1-23(21(25)19-9-6-10-28-19)18-8-5-4-7-17(18)20(24)22-14-11-15(26-2)13-16(12-14)27-3/h4-13H,1-3H3,(H,22,24). The molecule has 0 atom stereocenters. The SMILES string of the molecule is COc1cc(NC(=O)c2ccccc2N(C)C(=O)c2cccs2)cc(OC)c1. The molecule has 0 unspecified atom stereocenters. The number of benzene rings is 2. The Balaban J connectivity index is 1.88. The zero-order valence-corrected chi connectivity index (χ0v) is 16.6. The van der Waals surface area contributed by atoms with Crippen molar-refractivity contribution in [1.82, 2.24) is 0 Å². The van der Waals surface area contributed by atoms with Crippen molar-refractivity contribution in [2.45, 2.75) is 0 Å². The molecule has 0 fully saturated rings. The summed E-state index contributed by atoms with van der Waals surface area (Å²) in [7, 11) is 4.74. The van der Waals surface area contributed by atoms with Crippen LogP contribution in [-0.4, -0.2) is 33.1 Å². The molecule has 2 aromatic carbocycles. The van der Waals surface area contributed by atoms with Crippen LogP contribution in [0.1, 0.15) is 20.0 Å². The monoisotopic (exact) mass is 396 g/mol. The summed E-state index contributed by atoms with van der Waals surface area (Å²) in [5, 5.41) is 4.69. The second-order valence-electron chi connectivity index (χ2n) is 5.91. The first-order valence-corrected chi connectivity index (χ1v) is 9.36. The van der Waals surface area contributed by atoms with Crippen molar-refractivity contribution in [3.05, 3.63) is 70.4 Å². The molecule has 0 aliphatic rings. The third-order valence-corrected chi connectivity index (χ3v) is 5.01. The van der Waals surface area contributed by atoms with Crippen molar-refractivity contribution in [2.75, 3.05) is 31.5 Å². The van der Waals surface area contributed by atoms with E-state index in [1.54, 1.807) is 69.8 Å². The number of thiophene rings is 1. The highest BCUT2D eigenvalue weighted by atomic mass is 32.1. The molecule has 0 bridgehead atoms. The summed E-state index contributed by atoms with van der Waals surface area (Å²) in [5.41, 5.74) is 1.44. The number of hydrogen-bond acceptors (Lipinski definition) is 5. The second-order valence-corrected chi connectivity index (χ2v) is 6.86. The number of hydrogen-bond donors (Lipinski definition) is 1. The maximum absolute atomic E-state index is 12.9. The summed E-state index contributed by atoms with van der Waals surface area (Å²) < 4.78 is 10.5. The Morgan fingerprint density at radius 3 is 2.25 bits per heavy atom. The van der Waals surface area contributed by atoms with Gasteiger partial charge in [0.1, 0.15) is 11.5 Å². The van der Waals surface area contributed by atoms with Gasteiger partial charge in [0.2, 0.25) is 0 Å². The minimum absolute atomic E-state index is 0.168. The lowest BCUT2D eigenvalue weighted by Gasteiger charge is -2.20. The summed E-state index contributed by atoms with van der Waals surface area (Å²) in [4.78, 5) is 27.7. The van der Waals surface area contributed by atoms with Gasteiger partial charge in [-0.05, 0) is 23.6 Å².